The van der Waals surface area contributed by atoms with Gasteiger partial charge in [0.15, 0.2) is 15.9 Å². The third kappa shape index (κ3) is 5.54. The molecule has 0 saturated heterocycles. The van der Waals surface area contributed by atoms with E-state index in [1.165, 1.54) is 17.7 Å². The van der Waals surface area contributed by atoms with Crippen LogP contribution < -0.4 is 0 Å². The Bertz CT molecular complexity index is 1180. The summed E-state index contributed by atoms with van der Waals surface area (Å²) in [5.41, 5.74) is 0.939. The predicted octanol–water partition coefficient (Wildman–Crippen LogP) is 7.25. The molecule has 0 amide bonds. The highest BCUT2D eigenvalue weighted by Crippen LogP contribution is 2.64. The molecule has 0 aromatic heterocycles. The SMILES string of the molecule is CC[C@]1(O)CCC2C(=CCC3C2CCC2(C)C3CC[C@@H]2CCC(CC(O)C(F)(F)F)S(=O)(=O)c2ccccc2)C1. The van der Waals surface area contributed by atoms with Gasteiger partial charge in [-0.25, -0.2) is 8.42 Å². The number of allylic oxidation sites excluding steroid dienone is 1. The fourth-order valence-corrected chi connectivity index (χ4v) is 11.0. The van der Waals surface area contributed by atoms with Gasteiger partial charge in [-0.1, -0.05) is 43.7 Å². The molecule has 0 aliphatic heterocycles. The first-order valence-corrected chi connectivity index (χ1v) is 16.8. The maximum Gasteiger partial charge on any atom is 0.414 e. The van der Waals surface area contributed by atoms with Crippen LogP contribution in [0.1, 0.15) is 90.9 Å². The molecule has 0 radical (unpaired) electrons. The van der Waals surface area contributed by atoms with Crippen molar-refractivity contribution in [3.8, 4) is 0 Å². The maximum absolute atomic E-state index is 13.4. The molecule has 0 spiro atoms. The van der Waals surface area contributed by atoms with Gasteiger partial charge in [-0.3, -0.25) is 0 Å². The van der Waals surface area contributed by atoms with Gasteiger partial charge in [0, 0.05) is 0 Å². The zero-order valence-corrected chi connectivity index (χ0v) is 24.6. The first kappa shape index (κ1) is 30.1. The van der Waals surface area contributed by atoms with Crippen molar-refractivity contribution in [2.24, 2.45) is 35.0 Å². The van der Waals surface area contributed by atoms with Crippen molar-refractivity contribution >= 4 is 9.84 Å². The summed E-state index contributed by atoms with van der Waals surface area (Å²) >= 11 is 0. The molecule has 3 saturated carbocycles. The van der Waals surface area contributed by atoms with Crippen molar-refractivity contribution in [2.45, 2.75) is 119 Å². The van der Waals surface area contributed by atoms with E-state index in [0.29, 0.717) is 30.1 Å². The number of benzene rings is 1. The lowest BCUT2D eigenvalue weighted by molar-refractivity contribution is -0.205. The van der Waals surface area contributed by atoms with Crippen LogP contribution in [0.4, 0.5) is 13.2 Å². The van der Waals surface area contributed by atoms with Crippen molar-refractivity contribution in [1.82, 2.24) is 0 Å². The van der Waals surface area contributed by atoms with E-state index in [1.807, 2.05) is 0 Å². The van der Waals surface area contributed by atoms with Crippen molar-refractivity contribution in [3.63, 3.8) is 0 Å². The third-order valence-corrected chi connectivity index (χ3v) is 13.9. The highest BCUT2D eigenvalue weighted by molar-refractivity contribution is 7.92. The van der Waals surface area contributed by atoms with Gasteiger partial charge in [-0.15, -0.1) is 0 Å². The quantitative estimate of drug-likeness (QED) is 0.317. The molecule has 40 heavy (non-hydrogen) atoms. The van der Waals surface area contributed by atoms with E-state index in [2.05, 4.69) is 19.9 Å². The predicted molar refractivity (Wildman–Crippen MR) is 149 cm³/mol. The molecule has 1 aromatic carbocycles. The van der Waals surface area contributed by atoms with Crippen molar-refractivity contribution < 1.29 is 31.8 Å². The fraction of sp³-hybridized carbons (Fsp3) is 0.750. The van der Waals surface area contributed by atoms with Gasteiger partial charge in [0.05, 0.1) is 15.7 Å². The molecule has 4 aliphatic rings. The third-order valence-electron chi connectivity index (χ3n) is 11.7. The average molecular weight is 583 g/mol. The second-order valence-electron chi connectivity index (χ2n) is 13.5. The van der Waals surface area contributed by atoms with E-state index in [1.54, 1.807) is 18.2 Å². The molecular formula is C32H45F3O4S. The van der Waals surface area contributed by atoms with Crippen molar-refractivity contribution in [3.05, 3.63) is 42.0 Å². The van der Waals surface area contributed by atoms with Crippen molar-refractivity contribution in [2.75, 3.05) is 0 Å². The van der Waals surface area contributed by atoms with Crippen LogP contribution in [0, 0.1) is 35.0 Å². The minimum absolute atomic E-state index is 0.0117. The van der Waals surface area contributed by atoms with Gasteiger partial charge in [0.25, 0.3) is 0 Å². The number of hydrogen-bond acceptors (Lipinski definition) is 4. The summed E-state index contributed by atoms with van der Waals surface area (Å²) in [6.07, 6.45) is 3.49. The maximum atomic E-state index is 13.4. The molecule has 1 aromatic rings. The average Bonchev–Trinajstić information content (AvgIpc) is 3.26. The normalized spacial score (nSPS) is 37.6. The Labute approximate surface area is 237 Å². The van der Waals surface area contributed by atoms with Gasteiger partial charge in [-0.05, 0) is 124 Å². The van der Waals surface area contributed by atoms with E-state index in [9.17, 15) is 31.8 Å². The number of sulfone groups is 1. The van der Waals surface area contributed by atoms with Crippen LogP contribution in [-0.4, -0.2) is 41.8 Å². The molecular weight excluding hydrogens is 537 g/mol. The summed E-state index contributed by atoms with van der Waals surface area (Å²) in [4.78, 5) is 0.0117. The molecule has 0 heterocycles. The molecule has 4 aliphatic carbocycles. The standard InChI is InChI=1S/C32H45F3O4S/c1-3-31(37)18-16-25-21(20-31)9-13-27-26(25)15-17-30(2)22(11-14-28(27)30)10-12-24(19-29(36)32(33,34)35)40(38,39)23-7-5-4-6-8-23/h4-9,22,24-29,36-37H,3,10-20H2,1-2H3/t22-,24?,25?,26?,27?,28?,29?,30?,31-/m0/s1. The van der Waals surface area contributed by atoms with E-state index in [0.717, 1.165) is 57.8 Å². The van der Waals surface area contributed by atoms with Crippen LogP contribution in [0.3, 0.4) is 0 Å². The molecule has 5 rings (SSSR count). The van der Waals surface area contributed by atoms with Gasteiger partial charge in [0.2, 0.25) is 0 Å². The number of alkyl halides is 3. The molecule has 9 atom stereocenters. The van der Waals surface area contributed by atoms with Crippen LogP contribution in [0.25, 0.3) is 0 Å². The second-order valence-corrected chi connectivity index (χ2v) is 15.7. The highest BCUT2D eigenvalue weighted by Gasteiger charge is 2.56. The summed E-state index contributed by atoms with van der Waals surface area (Å²) in [5.74, 6) is 2.56. The summed E-state index contributed by atoms with van der Waals surface area (Å²) in [5, 5.41) is 19.5. The van der Waals surface area contributed by atoms with Gasteiger partial charge < -0.3 is 10.2 Å². The molecule has 2 N–H and O–H groups in total. The number of halogens is 3. The summed E-state index contributed by atoms with van der Waals surface area (Å²) in [6, 6.07) is 7.67. The number of aliphatic hydroxyl groups is 2. The Balaban J connectivity index is 1.31. The minimum atomic E-state index is -4.85. The van der Waals surface area contributed by atoms with Gasteiger partial charge in [-0.2, -0.15) is 13.2 Å². The molecule has 8 heteroatoms. The van der Waals surface area contributed by atoms with Crippen LogP contribution in [0.2, 0.25) is 0 Å². The lowest BCUT2D eigenvalue weighted by Gasteiger charge is -2.54. The Kier molecular flexibility index (Phi) is 8.30. The smallest absolute Gasteiger partial charge is 0.390 e. The summed E-state index contributed by atoms with van der Waals surface area (Å²) in [7, 11) is -4.03. The molecule has 3 fully saturated rings. The number of hydrogen-bond donors (Lipinski definition) is 2. The summed E-state index contributed by atoms with van der Waals surface area (Å²) < 4.78 is 66.8. The van der Waals surface area contributed by atoms with Crippen molar-refractivity contribution in [1.29, 1.82) is 0 Å². The van der Waals surface area contributed by atoms with Crippen LogP contribution in [-0.2, 0) is 9.84 Å². The topological polar surface area (TPSA) is 74.6 Å². The largest absolute Gasteiger partial charge is 0.414 e. The fourth-order valence-electron chi connectivity index (χ4n) is 9.22. The highest BCUT2D eigenvalue weighted by atomic mass is 32.2. The zero-order valence-electron chi connectivity index (χ0n) is 23.7. The molecule has 224 valence electrons. The number of rotatable bonds is 8. The minimum Gasteiger partial charge on any atom is -0.390 e. The first-order valence-electron chi connectivity index (χ1n) is 15.2. The molecule has 0 bridgehead atoms. The number of aliphatic hydroxyl groups excluding tert-OH is 1. The lowest BCUT2D eigenvalue weighted by Crippen LogP contribution is -2.47. The lowest BCUT2D eigenvalue weighted by atomic mass is 9.51. The number of fused-ring (bicyclic) bond motifs is 5. The van der Waals surface area contributed by atoms with Gasteiger partial charge in [0.1, 0.15) is 0 Å². The molecule has 7 unspecified atom stereocenters. The molecule has 4 nitrogen and oxygen atoms in total. The Morgan fingerprint density at radius 1 is 1.05 bits per heavy atom. The van der Waals surface area contributed by atoms with E-state index < -0.39 is 39.4 Å². The Hall–Kier alpha value is -1.38. The van der Waals surface area contributed by atoms with E-state index >= 15 is 0 Å². The zero-order chi connectivity index (χ0) is 28.9. The Morgan fingerprint density at radius 3 is 2.45 bits per heavy atom. The van der Waals surface area contributed by atoms with Crippen LogP contribution >= 0.6 is 0 Å². The van der Waals surface area contributed by atoms with E-state index in [-0.39, 0.29) is 22.6 Å². The van der Waals surface area contributed by atoms with Crippen LogP contribution in [0.15, 0.2) is 46.9 Å². The van der Waals surface area contributed by atoms with Gasteiger partial charge >= 0.3 is 6.18 Å². The Morgan fingerprint density at radius 2 is 1.77 bits per heavy atom. The van der Waals surface area contributed by atoms with E-state index in [4.69, 9.17) is 0 Å². The summed E-state index contributed by atoms with van der Waals surface area (Å²) in [6.45, 7) is 4.41. The first-order chi connectivity index (χ1) is 18.8. The van der Waals surface area contributed by atoms with Crippen LogP contribution in [0.5, 0.6) is 0 Å². The monoisotopic (exact) mass is 582 g/mol. The second kappa shape index (κ2) is 11.0.